The van der Waals surface area contributed by atoms with Gasteiger partial charge in [0.25, 0.3) is 0 Å². The van der Waals surface area contributed by atoms with Crippen LogP contribution in [0.3, 0.4) is 0 Å². The molecular formula is C27H34N6OS. The van der Waals surface area contributed by atoms with E-state index in [1.54, 1.807) is 0 Å². The van der Waals surface area contributed by atoms with Gasteiger partial charge in [0.05, 0.1) is 6.54 Å². The van der Waals surface area contributed by atoms with Gasteiger partial charge < -0.3 is 24.9 Å². The number of benzene rings is 1. The first-order valence-corrected chi connectivity index (χ1v) is 13.1. The highest BCUT2D eigenvalue weighted by Gasteiger charge is 2.21. The van der Waals surface area contributed by atoms with Crippen LogP contribution in [0.4, 0.5) is 17.6 Å². The molecular weight excluding hydrogens is 456 g/mol. The second-order valence-corrected chi connectivity index (χ2v) is 10.00. The molecule has 0 bridgehead atoms. The topological polar surface area (TPSA) is 69.5 Å². The summed E-state index contributed by atoms with van der Waals surface area (Å²) in [7, 11) is 0. The summed E-state index contributed by atoms with van der Waals surface area (Å²) >= 11 is 5.58. The number of nitrogens with one attached hydrogen (secondary N) is 2. The van der Waals surface area contributed by atoms with E-state index in [0.717, 1.165) is 54.9 Å². The molecule has 35 heavy (non-hydrogen) atoms. The third-order valence-corrected chi connectivity index (χ3v) is 6.98. The van der Waals surface area contributed by atoms with Crippen LogP contribution in [-0.2, 0) is 6.54 Å². The summed E-state index contributed by atoms with van der Waals surface area (Å²) in [5, 5.41) is 6.94. The molecule has 7 nitrogen and oxygen atoms in total. The highest BCUT2D eigenvalue weighted by atomic mass is 32.1. The quantitative estimate of drug-likeness (QED) is 0.442. The molecule has 2 fully saturated rings. The van der Waals surface area contributed by atoms with Crippen LogP contribution < -0.4 is 20.4 Å². The summed E-state index contributed by atoms with van der Waals surface area (Å²) in [4.78, 5) is 14.4. The Balaban J connectivity index is 1.27. The second kappa shape index (κ2) is 11.1. The first-order valence-electron chi connectivity index (χ1n) is 12.7. The van der Waals surface area contributed by atoms with Crippen LogP contribution in [0.25, 0.3) is 11.3 Å². The minimum atomic E-state index is 0.483. The Hall–Kier alpha value is -3.13. The first-order chi connectivity index (χ1) is 17.1. The Morgan fingerprint density at radius 2 is 1.71 bits per heavy atom. The largest absolute Gasteiger partial charge is 0.459 e. The van der Waals surface area contributed by atoms with E-state index in [9.17, 15) is 0 Å². The summed E-state index contributed by atoms with van der Waals surface area (Å²) in [5.41, 5.74) is 1.06. The first kappa shape index (κ1) is 23.6. The summed E-state index contributed by atoms with van der Waals surface area (Å²) in [6.07, 6.45) is 6.17. The average Bonchev–Trinajstić information content (AvgIpc) is 3.38. The molecule has 0 amide bonds. The molecule has 1 aromatic carbocycles. The normalized spacial score (nSPS) is 18.4. The summed E-state index contributed by atoms with van der Waals surface area (Å²) in [5.74, 6) is 4.85. The Morgan fingerprint density at radius 3 is 2.49 bits per heavy atom. The van der Waals surface area contributed by atoms with Gasteiger partial charge in [-0.25, -0.2) is 0 Å². The fraction of sp³-hybridized carbons (Fsp3) is 0.444. The molecule has 184 valence electrons. The lowest BCUT2D eigenvalue weighted by molar-refractivity contribution is 0.444. The Labute approximate surface area is 212 Å². The van der Waals surface area contributed by atoms with Crippen molar-refractivity contribution in [2.75, 3.05) is 41.3 Å². The van der Waals surface area contributed by atoms with Crippen LogP contribution in [0.2, 0.25) is 0 Å². The molecule has 5 rings (SSSR count). The van der Waals surface area contributed by atoms with Gasteiger partial charge in [0.15, 0.2) is 5.11 Å². The van der Waals surface area contributed by atoms with Crippen LogP contribution in [0, 0.1) is 5.92 Å². The molecule has 3 aromatic rings. The highest BCUT2D eigenvalue weighted by molar-refractivity contribution is 7.80. The number of piperidine rings is 2. The third kappa shape index (κ3) is 6.11. The number of aromatic nitrogens is 2. The van der Waals surface area contributed by atoms with E-state index in [-0.39, 0.29) is 0 Å². The molecule has 2 aliphatic heterocycles. The zero-order valence-corrected chi connectivity index (χ0v) is 21.2. The minimum absolute atomic E-state index is 0.483. The smallest absolute Gasteiger partial charge is 0.232 e. The van der Waals surface area contributed by atoms with Crippen LogP contribution >= 0.6 is 12.2 Å². The fourth-order valence-corrected chi connectivity index (χ4v) is 5.03. The Bertz CT molecular complexity index is 1130. The van der Waals surface area contributed by atoms with Crippen molar-refractivity contribution < 1.29 is 4.42 Å². The van der Waals surface area contributed by atoms with Gasteiger partial charge in [0.1, 0.15) is 23.2 Å². The van der Waals surface area contributed by atoms with Gasteiger partial charge in [0, 0.05) is 37.8 Å². The number of nitrogens with zero attached hydrogens (tertiary/aromatic N) is 4. The molecule has 1 atom stereocenters. The maximum Gasteiger partial charge on any atom is 0.232 e. The van der Waals surface area contributed by atoms with E-state index in [1.807, 2.05) is 42.5 Å². The fourth-order valence-electron chi connectivity index (χ4n) is 4.87. The van der Waals surface area contributed by atoms with Crippen molar-refractivity contribution in [1.29, 1.82) is 0 Å². The summed E-state index contributed by atoms with van der Waals surface area (Å²) < 4.78 is 5.98. The summed E-state index contributed by atoms with van der Waals surface area (Å²) in [6.45, 7) is 6.94. The molecule has 4 heterocycles. The van der Waals surface area contributed by atoms with Crippen LogP contribution in [-0.4, -0.2) is 41.3 Å². The lowest BCUT2D eigenvalue weighted by Gasteiger charge is -2.33. The molecule has 0 saturated carbocycles. The van der Waals surface area contributed by atoms with Crippen molar-refractivity contribution in [3.05, 3.63) is 54.3 Å². The van der Waals surface area contributed by atoms with E-state index in [4.69, 9.17) is 26.6 Å². The molecule has 0 radical (unpaired) electrons. The van der Waals surface area contributed by atoms with E-state index in [0.29, 0.717) is 23.5 Å². The van der Waals surface area contributed by atoms with E-state index < -0.39 is 0 Å². The van der Waals surface area contributed by atoms with Crippen molar-refractivity contribution in [1.82, 2.24) is 15.3 Å². The Kier molecular flexibility index (Phi) is 7.47. The predicted molar refractivity (Wildman–Crippen MR) is 146 cm³/mol. The zero-order valence-electron chi connectivity index (χ0n) is 20.4. The van der Waals surface area contributed by atoms with Gasteiger partial charge >= 0.3 is 0 Å². The van der Waals surface area contributed by atoms with Gasteiger partial charge in [0.2, 0.25) is 5.95 Å². The number of anilines is 3. The molecule has 2 aliphatic rings. The number of furan rings is 1. The van der Waals surface area contributed by atoms with Gasteiger partial charge in [-0.3, -0.25) is 0 Å². The number of hydrogen-bond donors (Lipinski definition) is 2. The monoisotopic (exact) mass is 490 g/mol. The SMILES string of the molecule is CC1CCCN(c2cc(N3CCCCC3)nc(NC(=S)NCc3ccc(-c4ccccc4)o3)n2)C1. The van der Waals surface area contributed by atoms with E-state index in [2.05, 4.69) is 33.4 Å². The number of thiocarbonyl (C=S) groups is 1. The third-order valence-electron chi connectivity index (χ3n) is 6.73. The standard InChI is InChI=1S/C27H34N6OS/c1-20-9-8-16-33(19-20)25-17-24(32-14-6-3-7-15-32)29-26(30-25)31-27(35)28-18-22-12-13-23(34-22)21-10-4-2-5-11-21/h2,4-5,10-13,17,20H,3,6-9,14-16,18-19H2,1H3,(H2,28,29,30,31,35). The molecule has 0 aliphatic carbocycles. The average molecular weight is 491 g/mol. The minimum Gasteiger partial charge on any atom is -0.459 e. The molecule has 2 saturated heterocycles. The van der Waals surface area contributed by atoms with Gasteiger partial charge in [-0.1, -0.05) is 37.3 Å². The van der Waals surface area contributed by atoms with E-state index in [1.165, 1.54) is 32.1 Å². The van der Waals surface area contributed by atoms with Crippen molar-refractivity contribution >= 4 is 34.9 Å². The highest BCUT2D eigenvalue weighted by Crippen LogP contribution is 2.27. The Morgan fingerprint density at radius 1 is 0.971 bits per heavy atom. The van der Waals surface area contributed by atoms with Gasteiger partial charge in [-0.15, -0.1) is 0 Å². The molecule has 1 unspecified atom stereocenters. The van der Waals surface area contributed by atoms with Crippen molar-refractivity contribution in [3.63, 3.8) is 0 Å². The number of rotatable bonds is 6. The molecule has 0 spiro atoms. The van der Waals surface area contributed by atoms with Crippen LogP contribution in [0.15, 0.2) is 52.9 Å². The summed E-state index contributed by atoms with van der Waals surface area (Å²) in [6, 6.07) is 16.2. The van der Waals surface area contributed by atoms with Crippen molar-refractivity contribution in [2.24, 2.45) is 5.92 Å². The predicted octanol–water partition coefficient (Wildman–Crippen LogP) is 5.45. The van der Waals surface area contributed by atoms with E-state index >= 15 is 0 Å². The molecule has 8 heteroatoms. The maximum atomic E-state index is 5.98. The lowest BCUT2D eigenvalue weighted by atomic mass is 10.0. The lowest BCUT2D eigenvalue weighted by Crippen LogP contribution is -2.36. The van der Waals surface area contributed by atoms with Gasteiger partial charge in [-0.2, -0.15) is 9.97 Å². The zero-order chi connectivity index (χ0) is 24.0. The molecule has 2 N–H and O–H groups in total. The maximum absolute atomic E-state index is 5.98. The van der Waals surface area contributed by atoms with Gasteiger partial charge in [-0.05, 0) is 62.4 Å². The molecule has 2 aromatic heterocycles. The van der Waals surface area contributed by atoms with Crippen LogP contribution in [0.5, 0.6) is 0 Å². The van der Waals surface area contributed by atoms with Crippen molar-refractivity contribution in [2.45, 2.75) is 45.6 Å². The van der Waals surface area contributed by atoms with Crippen molar-refractivity contribution in [3.8, 4) is 11.3 Å². The van der Waals surface area contributed by atoms with Crippen LogP contribution in [0.1, 0.15) is 44.8 Å². The number of hydrogen-bond acceptors (Lipinski definition) is 6. The second-order valence-electron chi connectivity index (χ2n) is 9.59.